The molecule has 6 nitrogen and oxygen atoms in total. The highest BCUT2D eigenvalue weighted by molar-refractivity contribution is 8.00. The second-order valence-electron chi connectivity index (χ2n) is 5.27. The van der Waals surface area contributed by atoms with E-state index in [2.05, 4.69) is 10.3 Å². The monoisotopic (exact) mass is 407 g/mol. The Morgan fingerprint density at radius 3 is 2.78 bits per heavy atom. The number of thioether (sulfide) groups is 1. The minimum absolute atomic E-state index is 0.0329. The molecular weight excluding hydrogens is 393 g/mol. The number of esters is 1. The van der Waals surface area contributed by atoms with Gasteiger partial charge < -0.3 is 10.1 Å². The maximum atomic E-state index is 13.1. The van der Waals surface area contributed by atoms with Crippen LogP contribution in [-0.2, 0) is 9.53 Å². The molecule has 0 aliphatic rings. The molecule has 2 aromatic rings. The predicted octanol–water partition coefficient (Wildman–Crippen LogP) is 3.96. The molecule has 0 aliphatic heterocycles. The van der Waals surface area contributed by atoms with Gasteiger partial charge in [-0.05, 0) is 38.1 Å². The first kappa shape index (κ1) is 20.7. The molecule has 0 saturated heterocycles. The normalized spacial score (nSPS) is 10.2. The summed E-state index contributed by atoms with van der Waals surface area (Å²) in [4.78, 5) is 28.2. The third-order valence-corrected chi connectivity index (χ3v) is 4.62. The molecule has 0 fully saturated rings. The second-order valence-corrected chi connectivity index (χ2v) is 6.64. The summed E-state index contributed by atoms with van der Waals surface area (Å²) >= 11 is 6.72. The van der Waals surface area contributed by atoms with Crippen molar-refractivity contribution in [3.63, 3.8) is 0 Å². The Labute approximate surface area is 164 Å². The standard InChI is InChI=1S/C18H15ClFN3O3S/c1-3-26-18(25)13-6-11(8-21)17(22-10(13)2)27-9-16(24)23-12-4-5-15(20)14(19)7-12/h4-7H,3,9H2,1-2H3,(H,23,24). The number of hydrogen-bond donors (Lipinski definition) is 1. The summed E-state index contributed by atoms with van der Waals surface area (Å²) in [6, 6.07) is 7.21. The SMILES string of the molecule is CCOC(=O)c1cc(C#N)c(SCC(=O)Nc2ccc(F)c(Cl)c2)nc1C. The van der Waals surface area contributed by atoms with Crippen LogP contribution in [0, 0.1) is 24.1 Å². The molecule has 27 heavy (non-hydrogen) atoms. The Morgan fingerprint density at radius 2 is 2.15 bits per heavy atom. The maximum absolute atomic E-state index is 13.1. The summed E-state index contributed by atoms with van der Waals surface area (Å²) in [6.45, 7) is 3.52. The fraction of sp³-hybridized carbons (Fsp3) is 0.222. The first-order valence-electron chi connectivity index (χ1n) is 7.82. The van der Waals surface area contributed by atoms with E-state index in [1.54, 1.807) is 13.8 Å². The van der Waals surface area contributed by atoms with Crippen LogP contribution in [0.5, 0.6) is 0 Å². The molecule has 9 heteroatoms. The van der Waals surface area contributed by atoms with E-state index in [9.17, 15) is 19.2 Å². The van der Waals surface area contributed by atoms with E-state index in [1.807, 2.05) is 6.07 Å². The van der Waals surface area contributed by atoms with Crippen LogP contribution in [0.25, 0.3) is 0 Å². The molecule has 1 aromatic heterocycles. The van der Waals surface area contributed by atoms with Gasteiger partial charge in [-0.2, -0.15) is 5.26 Å². The molecule has 140 valence electrons. The first-order chi connectivity index (χ1) is 12.8. The number of ether oxygens (including phenoxy) is 1. The highest BCUT2D eigenvalue weighted by Crippen LogP contribution is 2.24. The number of halogens is 2. The Balaban J connectivity index is 2.09. The smallest absolute Gasteiger partial charge is 0.340 e. The van der Waals surface area contributed by atoms with Crippen molar-refractivity contribution in [2.45, 2.75) is 18.9 Å². The van der Waals surface area contributed by atoms with E-state index in [4.69, 9.17) is 16.3 Å². The van der Waals surface area contributed by atoms with E-state index >= 15 is 0 Å². The summed E-state index contributed by atoms with van der Waals surface area (Å²) in [7, 11) is 0. The average molecular weight is 408 g/mol. The van der Waals surface area contributed by atoms with Crippen LogP contribution >= 0.6 is 23.4 Å². The highest BCUT2D eigenvalue weighted by Gasteiger charge is 2.17. The van der Waals surface area contributed by atoms with Crippen molar-refractivity contribution in [1.82, 2.24) is 4.98 Å². The number of benzene rings is 1. The molecule has 0 aliphatic carbocycles. The van der Waals surface area contributed by atoms with Crippen molar-refractivity contribution in [1.29, 1.82) is 5.26 Å². The van der Waals surface area contributed by atoms with Crippen LogP contribution in [0.1, 0.15) is 28.5 Å². The zero-order chi connectivity index (χ0) is 20.0. The van der Waals surface area contributed by atoms with Crippen LogP contribution in [0.3, 0.4) is 0 Å². The lowest BCUT2D eigenvalue weighted by molar-refractivity contribution is -0.113. The lowest BCUT2D eigenvalue weighted by Crippen LogP contribution is -2.15. The number of rotatable bonds is 6. The van der Waals surface area contributed by atoms with Gasteiger partial charge in [-0.3, -0.25) is 4.79 Å². The Bertz CT molecular complexity index is 931. The van der Waals surface area contributed by atoms with Crippen LogP contribution in [-0.4, -0.2) is 29.2 Å². The Morgan fingerprint density at radius 1 is 1.41 bits per heavy atom. The third-order valence-electron chi connectivity index (χ3n) is 3.34. The number of anilines is 1. The van der Waals surface area contributed by atoms with Crippen molar-refractivity contribution in [2.24, 2.45) is 0 Å². The molecule has 2 rings (SSSR count). The number of nitrogens with one attached hydrogen (secondary N) is 1. The molecule has 1 N–H and O–H groups in total. The molecule has 1 amide bonds. The quantitative estimate of drug-likeness (QED) is 0.575. The molecular formula is C18H15ClFN3O3S. The lowest BCUT2D eigenvalue weighted by atomic mass is 10.1. The van der Waals surface area contributed by atoms with Crippen molar-refractivity contribution in [2.75, 3.05) is 17.7 Å². The van der Waals surface area contributed by atoms with Gasteiger partial charge in [-0.15, -0.1) is 0 Å². The number of aryl methyl sites for hydroxylation is 1. The Hall–Kier alpha value is -2.63. The number of hydrogen-bond acceptors (Lipinski definition) is 6. The van der Waals surface area contributed by atoms with Gasteiger partial charge in [0.1, 0.15) is 16.9 Å². The first-order valence-corrected chi connectivity index (χ1v) is 9.18. The summed E-state index contributed by atoms with van der Waals surface area (Å²) in [5, 5.41) is 12.1. The van der Waals surface area contributed by atoms with Crippen molar-refractivity contribution < 1.29 is 18.7 Å². The van der Waals surface area contributed by atoms with E-state index in [0.717, 1.165) is 17.8 Å². The van der Waals surface area contributed by atoms with Crippen LogP contribution in [0.15, 0.2) is 29.3 Å². The van der Waals surface area contributed by atoms with Crippen molar-refractivity contribution in [3.8, 4) is 6.07 Å². The van der Waals surface area contributed by atoms with Gasteiger partial charge in [0, 0.05) is 5.69 Å². The number of nitriles is 1. The number of aromatic nitrogens is 1. The summed E-state index contributed by atoms with van der Waals surface area (Å²) in [5.74, 6) is -1.54. The van der Waals surface area contributed by atoms with Gasteiger partial charge >= 0.3 is 5.97 Å². The molecule has 0 atom stereocenters. The van der Waals surface area contributed by atoms with Gasteiger partial charge in [-0.25, -0.2) is 14.2 Å². The molecule has 0 spiro atoms. The second kappa shape index (κ2) is 9.35. The number of carbonyl (C=O) groups is 2. The van der Waals surface area contributed by atoms with E-state index in [1.165, 1.54) is 18.2 Å². The van der Waals surface area contributed by atoms with E-state index in [0.29, 0.717) is 16.4 Å². The molecule has 0 unspecified atom stereocenters. The van der Waals surface area contributed by atoms with Crippen LogP contribution < -0.4 is 5.32 Å². The molecule has 1 aromatic carbocycles. The largest absolute Gasteiger partial charge is 0.462 e. The highest BCUT2D eigenvalue weighted by atomic mass is 35.5. The maximum Gasteiger partial charge on any atom is 0.340 e. The Kier molecular flexibility index (Phi) is 7.16. The topological polar surface area (TPSA) is 92.1 Å². The number of pyridine rings is 1. The molecule has 0 bridgehead atoms. The van der Waals surface area contributed by atoms with Gasteiger partial charge in [0.05, 0.1) is 34.2 Å². The summed E-state index contributed by atoms with van der Waals surface area (Å²) in [5.41, 5.74) is 1.14. The van der Waals surface area contributed by atoms with Gasteiger partial charge in [0.2, 0.25) is 5.91 Å². The van der Waals surface area contributed by atoms with Crippen LogP contribution in [0.4, 0.5) is 10.1 Å². The fourth-order valence-electron chi connectivity index (χ4n) is 2.09. The average Bonchev–Trinajstić information content (AvgIpc) is 2.63. The van der Waals surface area contributed by atoms with Crippen molar-refractivity contribution in [3.05, 3.63) is 51.9 Å². The zero-order valence-electron chi connectivity index (χ0n) is 14.5. The zero-order valence-corrected chi connectivity index (χ0v) is 16.1. The molecule has 0 radical (unpaired) electrons. The van der Waals surface area contributed by atoms with Crippen molar-refractivity contribution >= 4 is 40.9 Å². The van der Waals surface area contributed by atoms with Gasteiger partial charge in [-0.1, -0.05) is 23.4 Å². The third kappa shape index (κ3) is 5.42. The van der Waals surface area contributed by atoms with Gasteiger partial charge in [0.25, 0.3) is 0 Å². The minimum Gasteiger partial charge on any atom is -0.462 e. The summed E-state index contributed by atoms with van der Waals surface area (Å²) < 4.78 is 18.1. The van der Waals surface area contributed by atoms with Gasteiger partial charge in [0.15, 0.2) is 0 Å². The summed E-state index contributed by atoms with van der Waals surface area (Å²) in [6.07, 6.45) is 0. The van der Waals surface area contributed by atoms with E-state index < -0.39 is 11.8 Å². The number of amides is 1. The molecule has 0 saturated carbocycles. The lowest BCUT2D eigenvalue weighted by Gasteiger charge is -2.09. The predicted molar refractivity (Wildman–Crippen MR) is 100 cm³/mol. The van der Waals surface area contributed by atoms with E-state index in [-0.39, 0.29) is 34.4 Å². The number of carbonyl (C=O) groups excluding carboxylic acids is 2. The molecule has 1 heterocycles. The van der Waals surface area contributed by atoms with Crippen LogP contribution in [0.2, 0.25) is 5.02 Å². The fourth-order valence-corrected chi connectivity index (χ4v) is 3.08. The minimum atomic E-state index is -0.580. The number of nitrogens with zero attached hydrogens (tertiary/aromatic N) is 2.